The van der Waals surface area contributed by atoms with Crippen LogP contribution in [0.25, 0.3) is 11.1 Å². The Morgan fingerprint density at radius 2 is 1.49 bits per heavy atom. The van der Waals surface area contributed by atoms with Crippen molar-refractivity contribution in [3.63, 3.8) is 0 Å². The van der Waals surface area contributed by atoms with E-state index in [2.05, 4.69) is 42.5 Å². The Bertz CT molecular complexity index is 1190. The summed E-state index contributed by atoms with van der Waals surface area (Å²) in [5.74, 6) is -3.46. The average molecular weight is 471 g/mol. The Hall–Kier alpha value is -3.64. The lowest BCUT2D eigenvalue weighted by atomic mass is 9.87. The first kappa shape index (κ1) is 23.1. The van der Waals surface area contributed by atoms with E-state index in [0.29, 0.717) is 19.5 Å². The molecule has 5 rings (SSSR count). The van der Waals surface area contributed by atoms with Gasteiger partial charge in [0.25, 0.3) is 0 Å². The minimum absolute atomic E-state index is 0.201. The summed E-state index contributed by atoms with van der Waals surface area (Å²) < 4.78 is 11.5. The van der Waals surface area contributed by atoms with Crippen LogP contribution in [0.15, 0.2) is 78.9 Å². The highest BCUT2D eigenvalue weighted by Crippen LogP contribution is 2.45. The van der Waals surface area contributed by atoms with Gasteiger partial charge in [-0.3, -0.25) is 4.90 Å². The lowest BCUT2D eigenvalue weighted by Crippen LogP contribution is -2.61. The van der Waals surface area contributed by atoms with Crippen molar-refractivity contribution in [2.24, 2.45) is 5.92 Å². The summed E-state index contributed by atoms with van der Waals surface area (Å²) in [6.45, 7) is 1.20. The Morgan fingerprint density at radius 1 is 0.857 bits per heavy atom. The third kappa shape index (κ3) is 4.54. The number of nitrogens with zero attached hydrogens (tertiary/aromatic N) is 2. The predicted octanol–water partition coefficient (Wildman–Crippen LogP) is 4.28. The van der Waals surface area contributed by atoms with Gasteiger partial charge in [-0.05, 0) is 61.7 Å². The second kappa shape index (κ2) is 9.55. The molecule has 0 radical (unpaired) electrons. The molecule has 0 saturated carbocycles. The van der Waals surface area contributed by atoms with Gasteiger partial charge in [0, 0.05) is 18.8 Å². The molecule has 3 aromatic carbocycles. The highest BCUT2D eigenvalue weighted by Gasteiger charge is 2.60. The van der Waals surface area contributed by atoms with Crippen LogP contribution < -0.4 is 4.90 Å². The number of carbonyl (C=O) groups excluding carboxylic acids is 2. The fourth-order valence-corrected chi connectivity index (χ4v) is 5.21. The fourth-order valence-electron chi connectivity index (χ4n) is 5.21. The van der Waals surface area contributed by atoms with Gasteiger partial charge in [-0.1, -0.05) is 72.8 Å². The summed E-state index contributed by atoms with van der Waals surface area (Å²) >= 11 is 0. The smallest absolute Gasteiger partial charge is 0.395 e. The second-order valence-electron chi connectivity index (χ2n) is 9.52. The Balaban J connectivity index is 1.37. The van der Waals surface area contributed by atoms with E-state index < -0.39 is 17.8 Å². The first-order valence-corrected chi connectivity index (χ1v) is 12.1. The Labute approximate surface area is 206 Å². The molecule has 2 aliphatic heterocycles. The topological polar surface area (TPSA) is 59.1 Å². The van der Waals surface area contributed by atoms with E-state index in [4.69, 9.17) is 9.47 Å². The first-order valence-electron chi connectivity index (χ1n) is 12.1. The van der Waals surface area contributed by atoms with E-state index in [1.165, 1.54) is 16.7 Å². The summed E-state index contributed by atoms with van der Waals surface area (Å²) in [7, 11) is 3.94. The molecular weight excluding hydrogens is 440 g/mol. The zero-order valence-electron chi connectivity index (χ0n) is 20.1. The molecule has 180 valence electrons. The van der Waals surface area contributed by atoms with Crippen LogP contribution in [0.5, 0.6) is 0 Å². The summed E-state index contributed by atoms with van der Waals surface area (Å²) in [6.07, 6.45) is 2.32. The second-order valence-corrected chi connectivity index (χ2v) is 9.52. The van der Waals surface area contributed by atoms with E-state index in [1.807, 2.05) is 60.3 Å². The van der Waals surface area contributed by atoms with Gasteiger partial charge in [-0.25, -0.2) is 9.59 Å². The minimum atomic E-state index is -1.41. The highest BCUT2D eigenvalue weighted by atomic mass is 16.8. The molecule has 1 unspecified atom stereocenters. The van der Waals surface area contributed by atoms with E-state index in [-0.39, 0.29) is 5.92 Å². The monoisotopic (exact) mass is 470 g/mol. The van der Waals surface area contributed by atoms with Gasteiger partial charge in [0.2, 0.25) is 0 Å². The quantitative estimate of drug-likeness (QED) is 0.380. The zero-order chi connectivity index (χ0) is 24.4. The molecule has 0 amide bonds. The normalized spacial score (nSPS) is 18.5. The van der Waals surface area contributed by atoms with Gasteiger partial charge in [0.05, 0.1) is 5.92 Å². The van der Waals surface area contributed by atoms with Crippen molar-refractivity contribution in [3.8, 4) is 11.1 Å². The summed E-state index contributed by atoms with van der Waals surface area (Å²) in [5.41, 5.74) is 5.73. The van der Waals surface area contributed by atoms with Crippen molar-refractivity contribution in [1.82, 2.24) is 4.90 Å². The number of hydrogen-bond acceptors (Lipinski definition) is 6. The number of benzene rings is 3. The molecule has 2 aliphatic rings. The van der Waals surface area contributed by atoms with Gasteiger partial charge < -0.3 is 14.4 Å². The Morgan fingerprint density at radius 3 is 2.17 bits per heavy atom. The predicted molar refractivity (Wildman–Crippen MR) is 135 cm³/mol. The Kier molecular flexibility index (Phi) is 6.31. The van der Waals surface area contributed by atoms with Crippen LogP contribution in [-0.4, -0.2) is 49.9 Å². The van der Waals surface area contributed by atoms with E-state index >= 15 is 0 Å². The molecule has 1 saturated heterocycles. The molecule has 0 aromatic heterocycles. The molecule has 2 heterocycles. The van der Waals surface area contributed by atoms with Gasteiger partial charge in [-0.2, -0.15) is 0 Å². The maximum atomic E-state index is 12.2. The molecule has 0 N–H and O–H groups in total. The maximum Gasteiger partial charge on any atom is 0.422 e. The summed E-state index contributed by atoms with van der Waals surface area (Å²) in [4.78, 5) is 28.5. The molecule has 0 bridgehead atoms. The molecule has 1 spiro atoms. The number of hydrogen-bond donors (Lipinski definition) is 0. The van der Waals surface area contributed by atoms with Crippen LogP contribution in [0.4, 0.5) is 5.69 Å². The SMILES string of the molecule is CN(C)CC1Cc2ccccc2N(CCCc2ccc(-c3ccccc3)cc2)C12OC(=O)C(=O)O2. The van der Waals surface area contributed by atoms with Crippen molar-refractivity contribution in [1.29, 1.82) is 0 Å². The van der Waals surface area contributed by atoms with Crippen LogP contribution in [0, 0.1) is 5.92 Å². The van der Waals surface area contributed by atoms with Crippen LogP contribution >= 0.6 is 0 Å². The molecule has 6 nitrogen and oxygen atoms in total. The number of fused-ring (bicyclic) bond motifs is 1. The van der Waals surface area contributed by atoms with E-state index in [0.717, 1.165) is 24.1 Å². The number of carbonyl (C=O) groups is 2. The van der Waals surface area contributed by atoms with Crippen molar-refractivity contribution in [2.45, 2.75) is 25.2 Å². The van der Waals surface area contributed by atoms with Gasteiger partial charge in [0.15, 0.2) is 0 Å². The van der Waals surface area contributed by atoms with Crippen LogP contribution in [0.1, 0.15) is 17.5 Å². The van der Waals surface area contributed by atoms with E-state index in [1.54, 1.807) is 0 Å². The lowest BCUT2D eigenvalue weighted by molar-refractivity contribution is -0.206. The number of esters is 2. The zero-order valence-corrected chi connectivity index (χ0v) is 20.1. The molecular formula is C29H30N2O4. The number of aryl methyl sites for hydroxylation is 1. The maximum absolute atomic E-state index is 12.2. The number of para-hydroxylation sites is 1. The average Bonchev–Trinajstić information content (AvgIpc) is 3.16. The van der Waals surface area contributed by atoms with Crippen molar-refractivity contribution in [3.05, 3.63) is 90.0 Å². The molecule has 1 fully saturated rings. The molecule has 6 heteroatoms. The summed E-state index contributed by atoms with van der Waals surface area (Å²) in [5, 5.41) is 0. The number of ether oxygens (including phenoxy) is 2. The minimum Gasteiger partial charge on any atom is -0.395 e. The third-order valence-corrected chi connectivity index (χ3v) is 6.78. The van der Waals surface area contributed by atoms with Gasteiger partial charge >= 0.3 is 17.8 Å². The lowest BCUT2D eigenvalue weighted by Gasteiger charge is -2.48. The van der Waals surface area contributed by atoms with Crippen molar-refractivity contribution in [2.75, 3.05) is 32.1 Å². The van der Waals surface area contributed by atoms with Crippen LogP contribution in [-0.2, 0) is 31.9 Å². The van der Waals surface area contributed by atoms with Gasteiger partial charge in [-0.15, -0.1) is 0 Å². The van der Waals surface area contributed by atoms with Crippen LogP contribution in [0.2, 0.25) is 0 Å². The summed E-state index contributed by atoms with van der Waals surface area (Å²) in [6, 6.07) is 27.0. The molecule has 0 aliphatic carbocycles. The standard InChI is InChI=1S/C29H30N2O4/c1-30(2)20-25-19-24-12-6-7-13-26(24)31(29(25)34-27(32)28(33)35-29)18-8-9-21-14-16-23(17-15-21)22-10-4-3-5-11-22/h3-7,10-17,25H,8-9,18-20H2,1-2H3. The number of rotatable bonds is 7. The number of anilines is 1. The van der Waals surface area contributed by atoms with Crippen molar-refractivity contribution < 1.29 is 19.1 Å². The largest absolute Gasteiger partial charge is 0.422 e. The van der Waals surface area contributed by atoms with E-state index in [9.17, 15) is 9.59 Å². The van der Waals surface area contributed by atoms with Crippen molar-refractivity contribution >= 4 is 17.6 Å². The highest BCUT2D eigenvalue weighted by molar-refractivity contribution is 6.31. The fraction of sp³-hybridized carbons (Fsp3) is 0.310. The first-order chi connectivity index (χ1) is 17.0. The van der Waals surface area contributed by atoms with Crippen LogP contribution in [0.3, 0.4) is 0 Å². The molecule has 1 atom stereocenters. The molecule has 35 heavy (non-hydrogen) atoms. The molecule has 3 aromatic rings. The third-order valence-electron chi connectivity index (χ3n) is 6.78. The van der Waals surface area contributed by atoms with Gasteiger partial charge in [0.1, 0.15) is 0 Å².